The Kier molecular flexibility index (Phi) is 10.4. The molecular weight excluding hydrogens is 476 g/mol. The predicted molar refractivity (Wildman–Crippen MR) is 147 cm³/mol. The zero-order valence-electron chi connectivity index (χ0n) is 20.0. The van der Waals surface area contributed by atoms with Crippen LogP contribution < -0.4 is 10.2 Å². The average molecular weight is 507 g/mol. The summed E-state index contributed by atoms with van der Waals surface area (Å²) in [5, 5.41) is 4.08. The molecule has 0 bridgehead atoms. The molecule has 0 saturated carbocycles. The molecule has 0 spiro atoms. The standard InChI is InChI=1S/C28H31ClN4OS/c1-4-17-33(18-5-2)26-19-25(29)31-28(32-26)35-20-23-13-15-24(16-14-23)27(34)30-21(3)11-12-22-9-7-6-8-10-22/h4-10,13-16,19,21H,1-2,11-12,17-18,20H2,3H3,(H,30,34). The third-order valence-corrected chi connectivity index (χ3v) is 6.47. The van der Waals surface area contributed by atoms with Crippen molar-refractivity contribution in [3.63, 3.8) is 0 Å². The van der Waals surface area contributed by atoms with E-state index in [0.29, 0.717) is 34.7 Å². The Hall–Kier alpha value is -3.09. The van der Waals surface area contributed by atoms with Crippen LogP contribution in [0.15, 0.2) is 91.1 Å². The van der Waals surface area contributed by atoms with Crippen molar-refractivity contribution in [1.82, 2.24) is 15.3 Å². The molecule has 182 valence electrons. The second-order valence-electron chi connectivity index (χ2n) is 8.20. The number of benzene rings is 2. The number of nitrogens with zero attached hydrogens (tertiary/aromatic N) is 3. The Balaban J connectivity index is 1.54. The molecule has 1 N–H and O–H groups in total. The fraction of sp³-hybridized carbons (Fsp3) is 0.250. The van der Waals surface area contributed by atoms with Crippen LogP contribution in [-0.4, -0.2) is 35.0 Å². The SMILES string of the molecule is C=CCN(CC=C)c1cc(Cl)nc(SCc2ccc(C(=O)NC(C)CCc3ccccc3)cc2)n1. The van der Waals surface area contributed by atoms with Gasteiger partial charge in [0.15, 0.2) is 5.16 Å². The van der Waals surface area contributed by atoms with Crippen LogP contribution >= 0.6 is 23.4 Å². The fourth-order valence-electron chi connectivity index (χ4n) is 3.49. The molecule has 1 aromatic heterocycles. The van der Waals surface area contributed by atoms with E-state index < -0.39 is 0 Å². The van der Waals surface area contributed by atoms with Gasteiger partial charge >= 0.3 is 0 Å². The molecule has 1 amide bonds. The maximum atomic E-state index is 12.6. The maximum absolute atomic E-state index is 12.6. The van der Waals surface area contributed by atoms with Crippen molar-refractivity contribution in [3.05, 3.63) is 108 Å². The molecule has 5 nitrogen and oxygen atoms in total. The minimum Gasteiger partial charge on any atom is -0.350 e. The zero-order chi connectivity index (χ0) is 25.0. The van der Waals surface area contributed by atoms with Crippen LogP contribution in [0.1, 0.15) is 34.8 Å². The molecule has 0 aliphatic rings. The third kappa shape index (κ3) is 8.57. The summed E-state index contributed by atoms with van der Waals surface area (Å²) in [5.74, 6) is 1.34. The molecule has 3 aromatic rings. The minimum absolute atomic E-state index is 0.0582. The van der Waals surface area contributed by atoms with Gasteiger partial charge in [0.05, 0.1) is 0 Å². The summed E-state index contributed by atoms with van der Waals surface area (Å²) in [6.07, 6.45) is 5.45. The molecule has 1 heterocycles. The van der Waals surface area contributed by atoms with Gasteiger partial charge in [0.1, 0.15) is 11.0 Å². The van der Waals surface area contributed by atoms with Gasteiger partial charge in [-0.05, 0) is 43.0 Å². The topological polar surface area (TPSA) is 58.1 Å². The van der Waals surface area contributed by atoms with E-state index in [9.17, 15) is 4.79 Å². The van der Waals surface area contributed by atoms with Crippen molar-refractivity contribution in [2.24, 2.45) is 0 Å². The van der Waals surface area contributed by atoms with Crippen LogP contribution in [-0.2, 0) is 12.2 Å². The third-order valence-electron chi connectivity index (χ3n) is 5.35. The monoisotopic (exact) mass is 506 g/mol. The smallest absolute Gasteiger partial charge is 0.251 e. The molecule has 0 radical (unpaired) electrons. The second-order valence-corrected chi connectivity index (χ2v) is 9.53. The van der Waals surface area contributed by atoms with Crippen molar-refractivity contribution in [3.8, 4) is 0 Å². The molecule has 0 saturated heterocycles. The number of rotatable bonds is 13. The number of hydrogen-bond donors (Lipinski definition) is 1. The van der Waals surface area contributed by atoms with E-state index in [1.165, 1.54) is 17.3 Å². The zero-order valence-corrected chi connectivity index (χ0v) is 21.6. The van der Waals surface area contributed by atoms with Gasteiger partial charge in [0, 0.05) is 36.5 Å². The molecule has 1 unspecified atom stereocenters. The first-order chi connectivity index (χ1) is 17.0. The number of aromatic nitrogens is 2. The fourth-order valence-corrected chi connectivity index (χ4v) is 4.53. The number of carbonyl (C=O) groups excluding carboxylic acids is 1. The molecule has 1 atom stereocenters. The summed E-state index contributed by atoms with van der Waals surface area (Å²) < 4.78 is 0. The lowest BCUT2D eigenvalue weighted by Crippen LogP contribution is -2.32. The van der Waals surface area contributed by atoms with Gasteiger partial charge in [0.25, 0.3) is 5.91 Å². The molecule has 35 heavy (non-hydrogen) atoms. The Morgan fingerprint density at radius 1 is 1.06 bits per heavy atom. The van der Waals surface area contributed by atoms with Crippen molar-refractivity contribution in [2.75, 3.05) is 18.0 Å². The summed E-state index contributed by atoms with van der Waals surface area (Å²) in [6, 6.07) is 19.8. The van der Waals surface area contributed by atoms with Gasteiger partial charge in [-0.1, -0.05) is 78.0 Å². The lowest BCUT2D eigenvalue weighted by Gasteiger charge is -2.20. The summed E-state index contributed by atoms with van der Waals surface area (Å²) >= 11 is 7.74. The van der Waals surface area contributed by atoms with Gasteiger partial charge in [-0.25, -0.2) is 9.97 Å². The molecule has 2 aromatic carbocycles. The Bertz CT molecular complexity index is 1110. The van der Waals surface area contributed by atoms with Crippen LogP contribution in [0.4, 0.5) is 5.82 Å². The normalized spacial score (nSPS) is 11.5. The highest BCUT2D eigenvalue weighted by Crippen LogP contribution is 2.25. The minimum atomic E-state index is -0.0582. The summed E-state index contributed by atoms with van der Waals surface area (Å²) in [7, 11) is 0. The molecule has 3 rings (SSSR count). The van der Waals surface area contributed by atoms with Crippen LogP contribution in [0, 0.1) is 0 Å². The lowest BCUT2D eigenvalue weighted by atomic mass is 10.1. The van der Waals surface area contributed by atoms with E-state index in [4.69, 9.17) is 11.6 Å². The van der Waals surface area contributed by atoms with Crippen LogP contribution in [0.2, 0.25) is 5.15 Å². The molecule has 0 fully saturated rings. The largest absolute Gasteiger partial charge is 0.350 e. The van der Waals surface area contributed by atoms with Crippen molar-refractivity contribution in [1.29, 1.82) is 0 Å². The quantitative estimate of drug-likeness (QED) is 0.127. The first kappa shape index (κ1) is 26.5. The average Bonchev–Trinajstić information content (AvgIpc) is 2.86. The number of aryl methyl sites for hydroxylation is 1. The van der Waals surface area contributed by atoms with Gasteiger partial charge in [0.2, 0.25) is 0 Å². The van der Waals surface area contributed by atoms with Crippen molar-refractivity contribution in [2.45, 2.75) is 36.7 Å². The predicted octanol–water partition coefficient (Wildman–Crippen LogP) is 6.35. The van der Waals surface area contributed by atoms with Gasteiger partial charge < -0.3 is 10.2 Å². The van der Waals surface area contributed by atoms with Crippen molar-refractivity contribution < 1.29 is 4.79 Å². The number of carbonyl (C=O) groups is 1. The number of nitrogens with one attached hydrogen (secondary N) is 1. The Morgan fingerprint density at radius 2 is 1.74 bits per heavy atom. The highest BCUT2D eigenvalue weighted by molar-refractivity contribution is 7.98. The van der Waals surface area contributed by atoms with E-state index in [1.54, 1.807) is 6.07 Å². The van der Waals surface area contributed by atoms with E-state index in [2.05, 4.69) is 40.6 Å². The molecule has 0 aliphatic carbocycles. The van der Waals surface area contributed by atoms with Crippen molar-refractivity contribution >= 4 is 35.1 Å². The second kappa shape index (κ2) is 13.7. The van der Waals surface area contributed by atoms with E-state index in [0.717, 1.165) is 24.2 Å². The number of amides is 1. The number of halogens is 1. The molecule has 0 aliphatic heterocycles. The summed E-state index contributed by atoms with van der Waals surface area (Å²) in [6.45, 7) is 10.9. The van der Waals surface area contributed by atoms with Gasteiger partial charge in [-0.3, -0.25) is 4.79 Å². The highest BCUT2D eigenvalue weighted by atomic mass is 35.5. The molecule has 7 heteroatoms. The summed E-state index contributed by atoms with van der Waals surface area (Å²) in [5.41, 5.74) is 3.00. The van der Waals surface area contributed by atoms with Gasteiger partial charge in [-0.15, -0.1) is 13.2 Å². The Morgan fingerprint density at radius 3 is 2.40 bits per heavy atom. The van der Waals surface area contributed by atoms with E-state index in [-0.39, 0.29) is 11.9 Å². The number of thioether (sulfide) groups is 1. The summed E-state index contributed by atoms with van der Waals surface area (Å²) in [4.78, 5) is 23.6. The highest BCUT2D eigenvalue weighted by Gasteiger charge is 2.12. The lowest BCUT2D eigenvalue weighted by molar-refractivity contribution is 0.0938. The first-order valence-corrected chi connectivity index (χ1v) is 12.9. The van der Waals surface area contributed by atoms with Crippen LogP contribution in [0.3, 0.4) is 0 Å². The maximum Gasteiger partial charge on any atom is 0.251 e. The van der Waals surface area contributed by atoms with E-state index in [1.807, 2.05) is 66.4 Å². The van der Waals surface area contributed by atoms with Crippen LogP contribution in [0.5, 0.6) is 0 Å². The van der Waals surface area contributed by atoms with E-state index >= 15 is 0 Å². The molecular formula is C28H31ClN4OS. The number of hydrogen-bond acceptors (Lipinski definition) is 5. The number of anilines is 1. The van der Waals surface area contributed by atoms with Gasteiger partial charge in [-0.2, -0.15) is 0 Å². The van der Waals surface area contributed by atoms with Crippen LogP contribution in [0.25, 0.3) is 0 Å². The Labute approximate surface area is 217 Å². The first-order valence-electron chi connectivity index (χ1n) is 11.6.